The number of methoxy groups -OCH3 is 1. The third-order valence-electron chi connectivity index (χ3n) is 3.38. The number of likely N-dealkylation sites (N-methyl/N-ethyl adjacent to an activating group) is 1. The van der Waals surface area contributed by atoms with Gasteiger partial charge in [0.1, 0.15) is 5.75 Å². The molecule has 0 fully saturated rings. The Labute approximate surface area is 129 Å². The summed E-state index contributed by atoms with van der Waals surface area (Å²) >= 11 is 5.47. The summed E-state index contributed by atoms with van der Waals surface area (Å²) in [7, 11) is 3.81. The Bertz CT molecular complexity index is 403. The van der Waals surface area contributed by atoms with Crippen molar-refractivity contribution in [2.24, 2.45) is 5.73 Å². The molecule has 1 aromatic rings. The van der Waals surface area contributed by atoms with E-state index in [-0.39, 0.29) is 6.04 Å². The van der Waals surface area contributed by atoms with Gasteiger partial charge in [0.25, 0.3) is 0 Å². The van der Waals surface area contributed by atoms with Crippen LogP contribution in [0.15, 0.2) is 22.7 Å². The van der Waals surface area contributed by atoms with E-state index in [1.807, 2.05) is 23.9 Å². The molecule has 0 amide bonds. The van der Waals surface area contributed by atoms with Gasteiger partial charge in [0.05, 0.1) is 7.11 Å². The summed E-state index contributed by atoms with van der Waals surface area (Å²) in [5, 5.41) is 0. The summed E-state index contributed by atoms with van der Waals surface area (Å²) in [4.78, 5) is 2.33. The number of rotatable bonds is 7. The van der Waals surface area contributed by atoms with Crippen LogP contribution in [0.4, 0.5) is 0 Å². The molecule has 2 N–H and O–H groups in total. The minimum Gasteiger partial charge on any atom is -0.497 e. The summed E-state index contributed by atoms with van der Waals surface area (Å²) in [6, 6.07) is 6.69. The van der Waals surface area contributed by atoms with Crippen molar-refractivity contribution in [1.82, 2.24) is 4.90 Å². The van der Waals surface area contributed by atoms with Gasteiger partial charge in [0.15, 0.2) is 0 Å². The summed E-state index contributed by atoms with van der Waals surface area (Å²) in [6.07, 6.45) is 2.13. The van der Waals surface area contributed by atoms with E-state index in [0.29, 0.717) is 12.6 Å². The Kier molecular flexibility index (Phi) is 7.21. The summed E-state index contributed by atoms with van der Waals surface area (Å²) in [6.45, 7) is 2.81. The van der Waals surface area contributed by atoms with Crippen LogP contribution in [-0.2, 0) is 0 Å². The quantitative estimate of drug-likeness (QED) is 0.822. The molecule has 3 nitrogen and oxygen atoms in total. The highest BCUT2D eigenvalue weighted by Gasteiger charge is 2.22. The molecule has 0 spiro atoms. The molecular weight excluding hydrogens is 324 g/mol. The van der Waals surface area contributed by atoms with Crippen molar-refractivity contribution >= 4 is 27.7 Å². The molecular formula is C14H23BrN2OS. The number of nitrogens with two attached hydrogens (primary N) is 1. The van der Waals surface area contributed by atoms with E-state index >= 15 is 0 Å². The Morgan fingerprint density at radius 2 is 2.16 bits per heavy atom. The van der Waals surface area contributed by atoms with Crippen LogP contribution in [0.1, 0.15) is 18.5 Å². The topological polar surface area (TPSA) is 38.5 Å². The zero-order valence-corrected chi connectivity index (χ0v) is 14.4. The van der Waals surface area contributed by atoms with Gasteiger partial charge in [0, 0.05) is 28.9 Å². The predicted octanol–water partition coefficient (Wildman–Crippen LogP) is 3.14. The number of hydrogen-bond acceptors (Lipinski definition) is 4. The first-order valence-electron chi connectivity index (χ1n) is 6.29. The first kappa shape index (κ1) is 16.8. The SMILES string of the molecule is COc1ccc(Br)c(C(CN)N(C)C(C)CSC)c1. The lowest BCUT2D eigenvalue weighted by Gasteiger charge is -2.33. The maximum atomic E-state index is 5.99. The third kappa shape index (κ3) is 4.38. The van der Waals surface area contributed by atoms with Gasteiger partial charge < -0.3 is 10.5 Å². The molecule has 0 saturated carbocycles. The molecule has 2 unspecified atom stereocenters. The zero-order chi connectivity index (χ0) is 14.4. The number of thioether (sulfide) groups is 1. The van der Waals surface area contributed by atoms with Crippen molar-refractivity contribution in [3.05, 3.63) is 28.2 Å². The number of nitrogens with zero attached hydrogens (tertiary/aromatic N) is 1. The monoisotopic (exact) mass is 346 g/mol. The van der Waals surface area contributed by atoms with Crippen LogP contribution in [0.3, 0.4) is 0 Å². The molecule has 1 aromatic carbocycles. The largest absolute Gasteiger partial charge is 0.497 e. The van der Waals surface area contributed by atoms with Crippen LogP contribution in [-0.4, -0.2) is 43.7 Å². The van der Waals surface area contributed by atoms with Crippen molar-refractivity contribution in [2.45, 2.75) is 19.0 Å². The lowest BCUT2D eigenvalue weighted by atomic mass is 10.0. The van der Waals surface area contributed by atoms with Gasteiger partial charge in [-0.3, -0.25) is 4.90 Å². The minimum absolute atomic E-state index is 0.187. The van der Waals surface area contributed by atoms with E-state index in [1.165, 1.54) is 5.56 Å². The Morgan fingerprint density at radius 1 is 1.47 bits per heavy atom. The van der Waals surface area contributed by atoms with Crippen molar-refractivity contribution in [1.29, 1.82) is 0 Å². The fraction of sp³-hybridized carbons (Fsp3) is 0.571. The molecule has 108 valence electrons. The molecule has 1 rings (SSSR count). The van der Waals surface area contributed by atoms with E-state index in [9.17, 15) is 0 Å². The highest BCUT2D eigenvalue weighted by Crippen LogP contribution is 2.31. The second-order valence-corrected chi connectivity index (χ2v) is 6.37. The highest BCUT2D eigenvalue weighted by atomic mass is 79.9. The van der Waals surface area contributed by atoms with Crippen molar-refractivity contribution < 1.29 is 4.74 Å². The van der Waals surface area contributed by atoms with E-state index < -0.39 is 0 Å². The van der Waals surface area contributed by atoms with Gasteiger partial charge in [-0.15, -0.1) is 0 Å². The second kappa shape index (κ2) is 8.15. The third-order valence-corrected chi connectivity index (χ3v) is 4.92. The van der Waals surface area contributed by atoms with Gasteiger partial charge in [-0.25, -0.2) is 0 Å². The molecule has 5 heteroatoms. The smallest absolute Gasteiger partial charge is 0.119 e. The standard InChI is InChI=1S/C14H23BrN2OS/c1-10(9-19-4)17(2)14(8-16)12-7-11(18-3)5-6-13(12)15/h5-7,10,14H,8-9,16H2,1-4H3. The Morgan fingerprint density at radius 3 is 2.68 bits per heavy atom. The first-order valence-corrected chi connectivity index (χ1v) is 8.48. The number of ether oxygens (including phenoxy) is 1. The molecule has 0 aliphatic heterocycles. The lowest BCUT2D eigenvalue weighted by Crippen LogP contribution is -2.38. The summed E-state index contributed by atoms with van der Waals surface area (Å²) in [5.74, 6) is 1.96. The molecule has 0 aromatic heterocycles. The average Bonchev–Trinajstić information content (AvgIpc) is 2.41. The number of hydrogen-bond donors (Lipinski definition) is 1. The molecule has 0 aliphatic carbocycles. The fourth-order valence-corrected chi connectivity index (χ4v) is 3.31. The predicted molar refractivity (Wildman–Crippen MR) is 88.1 cm³/mol. The molecule has 2 atom stereocenters. The van der Waals surface area contributed by atoms with Crippen molar-refractivity contribution in [3.8, 4) is 5.75 Å². The van der Waals surface area contributed by atoms with Gasteiger partial charge in [-0.2, -0.15) is 11.8 Å². The maximum Gasteiger partial charge on any atom is 0.119 e. The molecule has 0 bridgehead atoms. The van der Waals surface area contributed by atoms with Gasteiger partial charge >= 0.3 is 0 Å². The van der Waals surface area contributed by atoms with Crippen LogP contribution in [0.2, 0.25) is 0 Å². The van der Waals surface area contributed by atoms with Crippen molar-refractivity contribution in [2.75, 3.05) is 32.7 Å². The van der Waals surface area contributed by atoms with Crippen LogP contribution in [0, 0.1) is 0 Å². The van der Waals surface area contributed by atoms with Crippen LogP contribution in [0.25, 0.3) is 0 Å². The second-order valence-electron chi connectivity index (χ2n) is 4.61. The van der Waals surface area contributed by atoms with Gasteiger partial charge in [-0.1, -0.05) is 15.9 Å². The molecule has 0 heterocycles. The summed E-state index contributed by atoms with van der Waals surface area (Å²) in [5.41, 5.74) is 7.17. The molecule has 0 aliphatic rings. The van der Waals surface area contributed by atoms with E-state index in [0.717, 1.165) is 16.0 Å². The molecule has 0 saturated heterocycles. The molecule has 0 radical (unpaired) electrons. The van der Waals surface area contributed by atoms with Gasteiger partial charge in [0.2, 0.25) is 0 Å². The maximum absolute atomic E-state index is 5.99. The fourth-order valence-electron chi connectivity index (χ4n) is 2.08. The van der Waals surface area contributed by atoms with Gasteiger partial charge in [-0.05, 0) is 44.0 Å². The Hall–Kier alpha value is -0.230. The molecule has 19 heavy (non-hydrogen) atoms. The summed E-state index contributed by atoms with van der Waals surface area (Å²) < 4.78 is 6.38. The zero-order valence-electron chi connectivity index (χ0n) is 12.0. The van der Waals surface area contributed by atoms with Crippen LogP contribution in [0.5, 0.6) is 5.75 Å². The van der Waals surface area contributed by atoms with Crippen LogP contribution >= 0.6 is 27.7 Å². The normalized spacial score (nSPS) is 14.5. The first-order chi connectivity index (χ1) is 9.04. The Balaban J connectivity index is 3.01. The number of benzene rings is 1. The van der Waals surface area contributed by atoms with E-state index in [1.54, 1.807) is 7.11 Å². The lowest BCUT2D eigenvalue weighted by molar-refractivity contribution is 0.203. The van der Waals surface area contributed by atoms with Crippen LogP contribution < -0.4 is 10.5 Å². The van der Waals surface area contributed by atoms with E-state index in [2.05, 4.69) is 47.1 Å². The number of halogens is 1. The van der Waals surface area contributed by atoms with Crippen molar-refractivity contribution in [3.63, 3.8) is 0 Å². The average molecular weight is 347 g/mol. The van der Waals surface area contributed by atoms with E-state index in [4.69, 9.17) is 10.5 Å². The minimum atomic E-state index is 0.187. The highest BCUT2D eigenvalue weighted by molar-refractivity contribution is 9.10.